The zero-order valence-corrected chi connectivity index (χ0v) is 18.3. The summed E-state index contributed by atoms with van der Waals surface area (Å²) in [5.41, 5.74) is -0.259. The van der Waals surface area contributed by atoms with Crippen molar-refractivity contribution in [3.05, 3.63) is 71.1 Å². The number of amides is 1. The van der Waals surface area contributed by atoms with Gasteiger partial charge in [-0.05, 0) is 28.6 Å². The molecule has 1 saturated heterocycles. The van der Waals surface area contributed by atoms with Crippen LogP contribution in [-0.2, 0) is 5.92 Å². The Labute approximate surface area is 190 Å². The Bertz CT molecular complexity index is 1100. The van der Waals surface area contributed by atoms with Crippen molar-refractivity contribution in [2.75, 3.05) is 12.3 Å². The van der Waals surface area contributed by atoms with Crippen LogP contribution in [0.15, 0.2) is 60.7 Å². The number of aromatic amines is 1. The molecule has 32 heavy (non-hydrogen) atoms. The topological polar surface area (TPSA) is 95.0 Å². The predicted octanol–water partition coefficient (Wildman–Crippen LogP) is 4.19. The third kappa shape index (κ3) is 4.95. The van der Waals surface area contributed by atoms with E-state index in [2.05, 4.69) is 20.6 Å². The van der Waals surface area contributed by atoms with E-state index in [0.717, 1.165) is 27.6 Å². The van der Waals surface area contributed by atoms with Gasteiger partial charge in [0, 0.05) is 22.7 Å². The minimum atomic E-state index is -3.42. The molecule has 0 bridgehead atoms. The third-order valence-corrected chi connectivity index (χ3v) is 6.89. The molecule has 1 aromatic carbocycles. The second-order valence-corrected chi connectivity index (χ2v) is 9.06. The molecule has 2 unspecified atom stereocenters. The lowest BCUT2D eigenvalue weighted by Gasteiger charge is -2.22. The number of hydrogen-bond acceptors (Lipinski definition) is 7. The van der Waals surface area contributed by atoms with E-state index in [1.165, 1.54) is 41.7 Å². The van der Waals surface area contributed by atoms with Gasteiger partial charge in [0.2, 0.25) is 0 Å². The highest BCUT2D eigenvalue weighted by atomic mass is 32.2. The van der Waals surface area contributed by atoms with Gasteiger partial charge in [-0.2, -0.15) is 8.78 Å². The summed E-state index contributed by atoms with van der Waals surface area (Å²) in [5.74, 6) is -2.40. The number of alkyl halides is 2. The SMILES string of the molecule is O=C1SCC(/C=C/C(O)C(F)(F)c2ccccc2)N1C/C=C/c1ccc(-c2nnn[nH]2)s1. The summed E-state index contributed by atoms with van der Waals surface area (Å²) in [6.07, 6.45) is 4.29. The molecule has 1 aliphatic rings. The van der Waals surface area contributed by atoms with E-state index in [4.69, 9.17) is 0 Å². The van der Waals surface area contributed by atoms with Gasteiger partial charge in [0.1, 0.15) is 6.10 Å². The van der Waals surface area contributed by atoms with E-state index in [9.17, 15) is 18.7 Å². The average molecular weight is 476 g/mol. The van der Waals surface area contributed by atoms with Crippen LogP contribution in [0.5, 0.6) is 0 Å². The fourth-order valence-corrected chi connectivity index (χ4v) is 4.99. The highest BCUT2D eigenvalue weighted by molar-refractivity contribution is 8.13. The number of halogens is 2. The largest absolute Gasteiger partial charge is 0.382 e. The lowest BCUT2D eigenvalue weighted by Crippen LogP contribution is -2.33. The first kappa shape index (κ1) is 22.3. The molecule has 2 atom stereocenters. The number of aliphatic hydroxyl groups is 1. The Morgan fingerprint density at radius 1 is 1.28 bits per heavy atom. The van der Waals surface area contributed by atoms with Gasteiger partial charge in [0.15, 0.2) is 5.82 Å². The highest BCUT2D eigenvalue weighted by Gasteiger charge is 2.39. The van der Waals surface area contributed by atoms with Crippen molar-refractivity contribution >= 4 is 34.4 Å². The molecule has 0 aliphatic carbocycles. The molecule has 0 radical (unpaired) electrons. The summed E-state index contributed by atoms with van der Waals surface area (Å²) in [6.45, 7) is 0.323. The predicted molar refractivity (Wildman–Crippen MR) is 120 cm³/mol. The van der Waals surface area contributed by atoms with Crippen molar-refractivity contribution in [2.24, 2.45) is 0 Å². The Balaban J connectivity index is 1.38. The third-order valence-electron chi connectivity index (χ3n) is 4.85. The van der Waals surface area contributed by atoms with Crippen LogP contribution in [0.1, 0.15) is 10.4 Å². The van der Waals surface area contributed by atoms with Gasteiger partial charge < -0.3 is 10.0 Å². The van der Waals surface area contributed by atoms with Crippen LogP contribution < -0.4 is 0 Å². The minimum absolute atomic E-state index is 0.131. The van der Waals surface area contributed by atoms with Gasteiger partial charge >= 0.3 is 5.92 Å². The molecule has 0 saturated carbocycles. The van der Waals surface area contributed by atoms with Crippen molar-refractivity contribution in [1.29, 1.82) is 0 Å². The molecule has 3 heterocycles. The summed E-state index contributed by atoms with van der Waals surface area (Å²) < 4.78 is 29.0. The van der Waals surface area contributed by atoms with E-state index >= 15 is 0 Å². The van der Waals surface area contributed by atoms with Gasteiger partial charge in [-0.25, -0.2) is 5.10 Å². The second kappa shape index (κ2) is 9.72. The number of carbonyl (C=O) groups excluding carboxylic acids is 1. The molecule has 3 aromatic rings. The van der Waals surface area contributed by atoms with E-state index in [-0.39, 0.29) is 16.8 Å². The smallest absolute Gasteiger partial charge is 0.302 e. The first-order valence-corrected chi connectivity index (χ1v) is 11.5. The van der Waals surface area contributed by atoms with Crippen molar-refractivity contribution in [3.63, 3.8) is 0 Å². The van der Waals surface area contributed by atoms with E-state index in [1.807, 2.05) is 24.3 Å². The van der Waals surface area contributed by atoms with Crippen LogP contribution in [-0.4, -0.2) is 60.3 Å². The van der Waals surface area contributed by atoms with Crippen LogP contribution >= 0.6 is 23.1 Å². The second-order valence-electron chi connectivity index (χ2n) is 6.97. The molecule has 1 aliphatic heterocycles. The van der Waals surface area contributed by atoms with Crippen LogP contribution in [0.4, 0.5) is 13.6 Å². The Hall–Kier alpha value is -2.89. The van der Waals surface area contributed by atoms with Crippen LogP contribution in [0.25, 0.3) is 16.8 Å². The number of thioether (sulfide) groups is 1. The van der Waals surface area contributed by atoms with Crippen LogP contribution in [0.2, 0.25) is 0 Å². The number of aromatic nitrogens is 4. The van der Waals surface area contributed by atoms with Crippen molar-refractivity contribution < 1.29 is 18.7 Å². The van der Waals surface area contributed by atoms with Gasteiger partial charge in [0.05, 0.1) is 10.9 Å². The van der Waals surface area contributed by atoms with Crippen LogP contribution in [0, 0.1) is 0 Å². The molecule has 1 fully saturated rings. The molecule has 7 nitrogen and oxygen atoms in total. The fraction of sp³-hybridized carbons (Fsp3) is 0.238. The number of nitrogens with zero attached hydrogens (tertiary/aromatic N) is 4. The molecule has 2 aromatic heterocycles. The number of rotatable bonds is 8. The number of aliphatic hydroxyl groups excluding tert-OH is 1. The number of tetrazole rings is 1. The Morgan fingerprint density at radius 2 is 2.09 bits per heavy atom. The molecule has 2 N–H and O–H groups in total. The molecular formula is C21H19F2N5O2S2. The van der Waals surface area contributed by atoms with Crippen LogP contribution in [0.3, 0.4) is 0 Å². The first-order chi connectivity index (χ1) is 15.4. The maximum atomic E-state index is 14.5. The maximum absolute atomic E-state index is 14.5. The molecule has 4 rings (SSSR count). The first-order valence-electron chi connectivity index (χ1n) is 9.69. The van der Waals surface area contributed by atoms with Crippen molar-refractivity contribution in [3.8, 4) is 10.7 Å². The number of hydrogen-bond donors (Lipinski definition) is 2. The van der Waals surface area contributed by atoms with Gasteiger partial charge in [-0.3, -0.25) is 4.79 Å². The number of H-pyrrole nitrogens is 1. The molecular weight excluding hydrogens is 456 g/mol. The van der Waals surface area contributed by atoms with E-state index in [1.54, 1.807) is 11.0 Å². The number of nitrogens with one attached hydrogen (secondary N) is 1. The summed E-state index contributed by atoms with van der Waals surface area (Å²) >= 11 is 2.62. The normalized spacial score (nSPS) is 18.3. The number of benzene rings is 1. The zero-order chi connectivity index (χ0) is 22.6. The number of thiophene rings is 1. The Morgan fingerprint density at radius 3 is 2.84 bits per heavy atom. The van der Waals surface area contributed by atoms with Gasteiger partial charge in [-0.15, -0.1) is 16.4 Å². The van der Waals surface area contributed by atoms with E-state index < -0.39 is 12.0 Å². The summed E-state index contributed by atoms with van der Waals surface area (Å²) in [5, 5.41) is 23.6. The molecule has 0 spiro atoms. The number of carbonyl (C=O) groups is 1. The molecule has 166 valence electrons. The van der Waals surface area contributed by atoms with Gasteiger partial charge in [0.25, 0.3) is 5.24 Å². The lowest BCUT2D eigenvalue weighted by molar-refractivity contribution is -0.0929. The lowest BCUT2D eigenvalue weighted by atomic mass is 10.0. The quantitative estimate of drug-likeness (QED) is 0.475. The molecule has 1 amide bonds. The Kier molecular flexibility index (Phi) is 6.77. The van der Waals surface area contributed by atoms with Gasteiger partial charge in [-0.1, -0.05) is 60.3 Å². The summed E-state index contributed by atoms with van der Waals surface area (Å²) in [6, 6.07) is 10.6. The summed E-state index contributed by atoms with van der Waals surface area (Å²) in [7, 11) is 0. The zero-order valence-electron chi connectivity index (χ0n) is 16.6. The van der Waals surface area contributed by atoms with Crippen molar-refractivity contribution in [1.82, 2.24) is 25.5 Å². The maximum Gasteiger partial charge on any atom is 0.302 e. The molecule has 11 heteroatoms. The fourth-order valence-electron chi connectivity index (χ4n) is 3.14. The highest BCUT2D eigenvalue weighted by Crippen LogP contribution is 2.33. The average Bonchev–Trinajstić information content (AvgIpc) is 3.55. The summed E-state index contributed by atoms with van der Waals surface area (Å²) in [4.78, 5) is 15.7. The van der Waals surface area contributed by atoms with E-state index in [0.29, 0.717) is 18.1 Å². The van der Waals surface area contributed by atoms with Crippen molar-refractivity contribution in [2.45, 2.75) is 18.1 Å². The minimum Gasteiger partial charge on any atom is -0.382 e. The standard InChI is InChI=1S/C21H19F2N5O2S2/c22-21(23,14-5-2-1-3-6-14)18(29)11-8-15-13-31-20(30)28(15)12-4-7-16-9-10-17(32-16)19-24-26-27-25-19/h1-11,15,18,29H,12-13H2,(H,24,25,26,27)/b7-4+,11-8+. The monoisotopic (exact) mass is 475 g/mol.